The molecule has 5 heterocycles. The van der Waals surface area contributed by atoms with Gasteiger partial charge in [-0.3, -0.25) is 47.9 Å². The summed E-state index contributed by atoms with van der Waals surface area (Å²) in [7, 11) is 0. The first-order valence-electron chi connectivity index (χ1n) is 22.3. The zero-order valence-electron chi connectivity index (χ0n) is 33.4. The van der Waals surface area contributed by atoms with E-state index in [9.17, 15) is 4.79 Å². The van der Waals surface area contributed by atoms with E-state index >= 15 is 0 Å². The smallest absolute Gasteiger partial charge is 0.412 e. The van der Waals surface area contributed by atoms with Crippen LogP contribution in [0.5, 0.6) is 0 Å². The Morgan fingerprint density at radius 2 is 0.877 bits per heavy atom. The Morgan fingerprint density at radius 3 is 1.16 bits per heavy atom. The maximum atomic E-state index is 11.2. The molecule has 4 saturated carbocycles. The molecule has 0 aromatic heterocycles. The van der Waals surface area contributed by atoms with Crippen LogP contribution in [0.4, 0.5) is 10.5 Å². The lowest BCUT2D eigenvalue weighted by atomic mass is 9.76. The van der Waals surface area contributed by atoms with E-state index in [4.69, 9.17) is 27.9 Å². The lowest BCUT2D eigenvalue weighted by Crippen LogP contribution is -2.61. The van der Waals surface area contributed by atoms with Crippen LogP contribution in [0.2, 0.25) is 5.02 Å². The van der Waals surface area contributed by atoms with Crippen molar-refractivity contribution in [2.75, 3.05) is 17.8 Å². The first-order valence-corrected chi connectivity index (χ1v) is 23.2. The van der Waals surface area contributed by atoms with Crippen molar-refractivity contribution in [3.8, 4) is 11.8 Å². The van der Waals surface area contributed by atoms with Gasteiger partial charge in [0.25, 0.3) is 0 Å². The van der Waals surface area contributed by atoms with Crippen LogP contribution in [0.3, 0.4) is 0 Å². The molecule has 8 unspecified atom stereocenters. The van der Waals surface area contributed by atoms with E-state index in [1.807, 2.05) is 0 Å². The lowest BCUT2D eigenvalue weighted by Gasteiger charge is -2.35. The van der Waals surface area contributed by atoms with Gasteiger partial charge in [0.05, 0.1) is 55.2 Å². The molecule has 5 saturated heterocycles. The van der Waals surface area contributed by atoms with E-state index in [1.54, 1.807) is 24.3 Å². The molecular weight excluding hydrogens is 772 g/mol. The molecule has 9 fully saturated rings. The van der Waals surface area contributed by atoms with Crippen LogP contribution >= 0.6 is 23.2 Å². The van der Waals surface area contributed by atoms with Gasteiger partial charge >= 0.3 is 6.09 Å². The van der Waals surface area contributed by atoms with Crippen LogP contribution in [-0.4, -0.2) is 85.3 Å². The summed E-state index contributed by atoms with van der Waals surface area (Å²) in [6.07, 6.45) is 25.0. The summed E-state index contributed by atoms with van der Waals surface area (Å²) in [6.45, 7) is 0.0130. The summed E-state index contributed by atoms with van der Waals surface area (Å²) in [5.41, 5.74) is 0.572. The zero-order chi connectivity index (χ0) is 38.0. The lowest BCUT2D eigenvalue weighted by molar-refractivity contribution is 0.167. The van der Waals surface area contributed by atoms with E-state index in [1.165, 1.54) is 103 Å². The summed E-state index contributed by atoms with van der Waals surface area (Å²) in [5, 5.41) is 36.8. The number of hydrogen-bond acceptors (Lipinski definition) is 10. The summed E-state index contributed by atoms with van der Waals surface area (Å²) in [6, 6.07) is 6.76. The number of halogens is 2. The molecule has 11 nitrogen and oxygen atoms in total. The Balaban J connectivity index is 0.000000229. The molecule has 57 heavy (non-hydrogen) atoms. The van der Waals surface area contributed by atoms with E-state index < -0.39 is 6.09 Å². The quantitative estimate of drug-likeness (QED) is 0.109. The van der Waals surface area contributed by atoms with Crippen molar-refractivity contribution in [3.05, 3.63) is 29.3 Å². The molecule has 5 aliphatic heterocycles. The van der Waals surface area contributed by atoms with Crippen LogP contribution in [0.1, 0.15) is 103 Å². The maximum absolute atomic E-state index is 11.2. The van der Waals surface area contributed by atoms with E-state index in [0.29, 0.717) is 60.0 Å². The molecule has 10 rings (SSSR count). The van der Waals surface area contributed by atoms with Gasteiger partial charge in [-0.05, 0) is 117 Å². The summed E-state index contributed by atoms with van der Waals surface area (Å²) in [4.78, 5) is 11.2. The van der Waals surface area contributed by atoms with Gasteiger partial charge in [0, 0.05) is 28.1 Å². The topological polar surface area (TPSA) is 135 Å². The number of rotatable bonds is 2. The third-order valence-corrected chi connectivity index (χ3v) is 15.7. The largest absolute Gasteiger partial charge is 0.436 e. The summed E-state index contributed by atoms with van der Waals surface area (Å²) in [5.74, 6) is 11.3. The Labute approximate surface area is 361 Å². The minimum atomic E-state index is -0.578. The van der Waals surface area contributed by atoms with Crippen LogP contribution in [-0.2, 0) is 4.74 Å². The Kier molecular flexibility index (Phi) is 14.7. The van der Waals surface area contributed by atoms with Crippen LogP contribution in [0, 0.1) is 59.2 Å². The molecule has 9 N–H and O–H groups in total. The Hall–Kier alpha value is -1.16. The van der Waals surface area contributed by atoms with Crippen molar-refractivity contribution in [1.82, 2.24) is 42.5 Å². The van der Waals surface area contributed by atoms with Gasteiger partial charge in [0.1, 0.15) is 0 Å². The van der Waals surface area contributed by atoms with Crippen molar-refractivity contribution in [2.24, 2.45) is 47.3 Å². The highest BCUT2D eigenvalue weighted by Gasteiger charge is 2.54. The SMILES string of the molecule is C1CCC2C3NC(NC4NC(NC5NC(NC6NC(N3)C3CCCCC63)C3CCCCC53)C3CCCCC43)C2C1.O=C(Nc1cccc(Cl)c1)OCC#CCCl.[Al]. The number of anilines is 1. The fourth-order valence-corrected chi connectivity index (χ4v) is 13.2. The van der Waals surface area contributed by atoms with E-state index in [-0.39, 0.29) is 29.8 Å². The predicted octanol–water partition coefficient (Wildman–Crippen LogP) is 5.36. The standard InChI is InChI=1S/C32H56N8.C11H9Cl2NO2.Al/c1-2-10-18-17(9-1)25-33-26(18)38-28-21-13-5-6-14-22(21)30(35-28)40-32-24-16-8-7-15-23(24)31(36-32)39-29-20-12-4-3-11-19(20)27(34-29)37-25;12-6-1-2-7-16-11(15)14-10-5-3-4-9(13)8-10;/h17-40H,1-16H2;3-5,8H,6-7H2,(H,14,15);. The third-order valence-electron chi connectivity index (χ3n) is 15.3. The second-order valence-corrected chi connectivity index (χ2v) is 19.0. The molecule has 0 spiro atoms. The van der Waals surface area contributed by atoms with Crippen molar-refractivity contribution in [3.63, 3.8) is 0 Å². The third kappa shape index (κ3) is 9.52. The number of ether oxygens (including phenoxy) is 1. The molecule has 9 aliphatic rings. The minimum absolute atomic E-state index is 0. The Bertz CT molecular complexity index is 1360. The van der Waals surface area contributed by atoms with Crippen molar-refractivity contribution in [2.45, 2.75) is 152 Å². The van der Waals surface area contributed by atoms with Crippen LogP contribution in [0.15, 0.2) is 24.3 Å². The van der Waals surface area contributed by atoms with Gasteiger partial charge in [-0.1, -0.05) is 80.9 Å². The number of alkyl halides is 1. The second-order valence-electron chi connectivity index (χ2n) is 18.3. The normalized spacial score (nSPS) is 42.9. The first kappa shape index (κ1) is 42.5. The average molecular weight is 838 g/mol. The van der Waals surface area contributed by atoms with E-state index in [2.05, 4.69) is 59.7 Å². The fourth-order valence-electron chi connectivity index (χ4n) is 12.9. The molecule has 4 aliphatic carbocycles. The highest BCUT2D eigenvalue weighted by Crippen LogP contribution is 2.45. The highest BCUT2D eigenvalue weighted by molar-refractivity contribution is 6.30. The highest BCUT2D eigenvalue weighted by atomic mass is 35.5. The minimum Gasteiger partial charge on any atom is -0.436 e. The molecular formula is C43H65AlCl2N9O2. The van der Waals surface area contributed by atoms with Crippen LogP contribution < -0.4 is 47.9 Å². The first-order chi connectivity index (χ1) is 27.5. The molecule has 8 atom stereocenters. The van der Waals surface area contributed by atoms with Crippen LogP contribution in [0.25, 0.3) is 0 Å². The number of amides is 1. The van der Waals surface area contributed by atoms with Crippen molar-refractivity contribution in [1.29, 1.82) is 0 Å². The number of carbonyl (C=O) groups excluding carboxylic acids is 1. The van der Waals surface area contributed by atoms with Gasteiger partial charge in [0.15, 0.2) is 6.61 Å². The van der Waals surface area contributed by atoms with Gasteiger partial charge in [-0.15, -0.1) is 11.6 Å². The second kappa shape index (κ2) is 19.7. The molecule has 8 bridgehead atoms. The number of carbonyl (C=O) groups is 1. The molecule has 3 radical (unpaired) electrons. The van der Waals surface area contributed by atoms with E-state index in [0.717, 1.165) is 47.3 Å². The maximum Gasteiger partial charge on any atom is 0.412 e. The van der Waals surface area contributed by atoms with Gasteiger partial charge < -0.3 is 4.74 Å². The molecule has 14 heteroatoms. The zero-order valence-corrected chi connectivity index (χ0v) is 36.1. The number of benzene rings is 1. The molecule has 1 aromatic carbocycles. The predicted molar refractivity (Wildman–Crippen MR) is 228 cm³/mol. The Morgan fingerprint density at radius 1 is 0.561 bits per heavy atom. The molecule has 311 valence electrons. The van der Waals surface area contributed by atoms with Gasteiger partial charge in [0.2, 0.25) is 0 Å². The number of hydrogen-bond donors (Lipinski definition) is 9. The summed E-state index contributed by atoms with van der Waals surface area (Å²) < 4.78 is 4.76. The molecule has 1 amide bonds. The number of nitrogens with one attached hydrogen (secondary N) is 9. The summed E-state index contributed by atoms with van der Waals surface area (Å²) >= 11 is 11.1. The number of fused-ring (bicyclic) bond motifs is 20. The van der Waals surface area contributed by atoms with Gasteiger partial charge in [-0.25, -0.2) is 4.79 Å². The van der Waals surface area contributed by atoms with Gasteiger partial charge in [-0.2, -0.15) is 0 Å². The van der Waals surface area contributed by atoms with Crippen molar-refractivity contribution >= 4 is 52.3 Å². The molecule has 1 aromatic rings. The average Bonchev–Trinajstić information content (AvgIpc) is 3.96. The monoisotopic (exact) mass is 836 g/mol. The van der Waals surface area contributed by atoms with Crippen molar-refractivity contribution < 1.29 is 9.53 Å². The fraction of sp³-hybridized carbons (Fsp3) is 0.791.